The third kappa shape index (κ3) is 10.7. The molecule has 0 bridgehead atoms. The van der Waals surface area contributed by atoms with Gasteiger partial charge in [0, 0.05) is 39.5 Å². The number of halogens is 1. The molecule has 0 radical (unpaired) electrons. The maximum absolute atomic E-state index is 14.6. The Morgan fingerprint density at radius 2 is 1.49 bits per heavy atom. The van der Waals surface area contributed by atoms with Gasteiger partial charge in [-0.05, 0) is 75.1 Å². The zero-order valence-corrected chi connectivity index (χ0v) is 28.6. The van der Waals surface area contributed by atoms with Gasteiger partial charge in [0.25, 0.3) is 0 Å². The van der Waals surface area contributed by atoms with Gasteiger partial charge in [-0.3, -0.25) is 14.4 Å². The minimum atomic E-state index is -1.03. The van der Waals surface area contributed by atoms with E-state index in [-0.39, 0.29) is 12.8 Å². The summed E-state index contributed by atoms with van der Waals surface area (Å²) < 4.78 is 20.0. The largest absolute Gasteiger partial charge is 0.444 e. The van der Waals surface area contributed by atoms with E-state index in [1.54, 1.807) is 52.1 Å². The number of alkyl carbamates (subject to hydrolysis) is 1. The highest BCUT2D eigenvalue weighted by Gasteiger charge is 2.35. The molecular formula is C37H47FN4O5. The molecule has 2 atom stereocenters. The van der Waals surface area contributed by atoms with Gasteiger partial charge in [-0.1, -0.05) is 66.7 Å². The van der Waals surface area contributed by atoms with Crippen molar-refractivity contribution in [2.45, 2.75) is 77.1 Å². The van der Waals surface area contributed by atoms with Gasteiger partial charge >= 0.3 is 6.09 Å². The van der Waals surface area contributed by atoms with E-state index in [9.17, 15) is 23.6 Å². The van der Waals surface area contributed by atoms with Crippen molar-refractivity contribution in [3.63, 3.8) is 0 Å². The van der Waals surface area contributed by atoms with Crippen LogP contribution >= 0.6 is 0 Å². The van der Waals surface area contributed by atoms with Crippen LogP contribution in [0.5, 0.6) is 0 Å². The van der Waals surface area contributed by atoms with Crippen LogP contribution in [-0.2, 0) is 32.0 Å². The quantitative estimate of drug-likeness (QED) is 0.256. The number of ether oxygens (including phenoxy) is 1. The van der Waals surface area contributed by atoms with E-state index >= 15 is 0 Å². The van der Waals surface area contributed by atoms with Crippen LogP contribution in [0.15, 0.2) is 78.9 Å². The molecule has 0 saturated heterocycles. The standard InChI is InChI=1S/C37H47FN4O5/c1-36(2,3)47-35(46)40-37(4,5)21-13-18-32(43)41(7)31(23-25-19-20-26-14-9-10-15-27(26)22-25)34(45)42(8)30(33(44)39-6)24-28-16-11-12-17-29(28)38/h9-20,22,30-31H,21,23-24H2,1-8H3,(H,39,44)(H,40,46)/b18-13+. The van der Waals surface area contributed by atoms with E-state index in [1.165, 1.54) is 36.0 Å². The minimum Gasteiger partial charge on any atom is -0.444 e. The number of hydrogen-bond acceptors (Lipinski definition) is 5. The van der Waals surface area contributed by atoms with Crippen LogP contribution in [0.3, 0.4) is 0 Å². The number of nitrogens with zero attached hydrogens (tertiary/aromatic N) is 2. The maximum atomic E-state index is 14.6. The first kappa shape index (κ1) is 36.7. The Labute approximate surface area is 277 Å². The lowest BCUT2D eigenvalue weighted by Crippen LogP contribution is -2.55. The van der Waals surface area contributed by atoms with Crippen molar-refractivity contribution in [1.29, 1.82) is 0 Å². The summed E-state index contributed by atoms with van der Waals surface area (Å²) in [6.45, 7) is 8.95. The van der Waals surface area contributed by atoms with Crippen molar-refractivity contribution >= 4 is 34.6 Å². The van der Waals surface area contributed by atoms with Crippen LogP contribution in [0.25, 0.3) is 10.8 Å². The molecule has 10 heteroatoms. The van der Waals surface area contributed by atoms with E-state index in [2.05, 4.69) is 10.6 Å². The fourth-order valence-corrected chi connectivity index (χ4v) is 5.17. The van der Waals surface area contributed by atoms with Gasteiger partial charge in [-0.25, -0.2) is 9.18 Å². The van der Waals surface area contributed by atoms with Gasteiger partial charge in [0.2, 0.25) is 17.7 Å². The molecule has 252 valence electrons. The molecule has 47 heavy (non-hydrogen) atoms. The smallest absolute Gasteiger partial charge is 0.408 e. The van der Waals surface area contributed by atoms with E-state index < -0.39 is 52.9 Å². The monoisotopic (exact) mass is 646 g/mol. The molecule has 9 nitrogen and oxygen atoms in total. The van der Waals surface area contributed by atoms with Gasteiger partial charge < -0.3 is 25.2 Å². The van der Waals surface area contributed by atoms with E-state index in [1.807, 2.05) is 56.3 Å². The van der Waals surface area contributed by atoms with Crippen LogP contribution in [0.2, 0.25) is 0 Å². The lowest BCUT2D eigenvalue weighted by Gasteiger charge is -2.34. The average Bonchev–Trinajstić information content (AvgIpc) is 3.00. The van der Waals surface area contributed by atoms with Crippen LogP contribution < -0.4 is 10.6 Å². The van der Waals surface area contributed by atoms with Crippen LogP contribution in [-0.4, -0.2) is 78.0 Å². The lowest BCUT2D eigenvalue weighted by molar-refractivity contribution is -0.146. The summed E-state index contributed by atoms with van der Waals surface area (Å²) in [6.07, 6.45) is 2.89. The fraction of sp³-hybridized carbons (Fsp3) is 0.405. The van der Waals surface area contributed by atoms with Crippen molar-refractivity contribution in [1.82, 2.24) is 20.4 Å². The molecule has 4 amide bonds. The Morgan fingerprint density at radius 3 is 2.13 bits per heavy atom. The molecule has 0 aliphatic rings. The second-order valence-corrected chi connectivity index (χ2v) is 13.3. The van der Waals surface area contributed by atoms with Gasteiger partial charge in [0.15, 0.2) is 0 Å². The summed E-state index contributed by atoms with van der Waals surface area (Å²) >= 11 is 0. The molecule has 2 N–H and O–H groups in total. The zero-order chi connectivity index (χ0) is 34.9. The molecule has 0 spiro atoms. The third-order valence-electron chi connectivity index (χ3n) is 7.81. The highest BCUT2D eigenvalue weighted by Crippen LogP contribution is 2.21. The first-order chi connectivity index (χ1) is 22.0. The van der Waals surface area contributed by atoms with Gasteiger partial charge in [0.1, 0.15) is 23.5 Å². The number of nitrogens with one attached hydrogen (secondary N) is 2. The van der Waals surface area contributed by atoms with E-state index in [4.69, 9.17) is 4.74 Å². The molecule has 0 fully saturated rings. The van der Waals surface area contributed by atoms with Gasteiger partial charge in [0.05, 0.1) is 0 Å². The van der Waals surface area contributed by atoms with Crippen LogP contribution in [0.4, 0.5) is 9.18 Å². The van der Waals surface area contributed by atoms with Crippen molar-refractivity contribution in [2.24, 2.45) is 0 Å². The normalized spacial score (nSPS) is 13.1. The Kier molecular flexibility index (Phi) is 12.3. The summed E-state index contributed by atoms with van der Waals surface area (Å²) in [5, 5.41) is 7.42. The van der Waals surface area contributed by atoms with Crippen molar-refractivity contribution in [2.75, 3.05) is 21.1 Å². The lowest BCUT2D eigenvalue weighted by atomic mass is 9.98. The highest BCUT2D eigenvalue weighted by atomic mass is 19.1. The number of rotatable bonds is 12. The number of hydrogen-bond donors (Lipinski definition) is 2. The molecule has 0 saturated carbocycles. The number of amides is 4. The minimum absolute atomic E-state index is 0.0470. The molecule has 3 aromatic rings. The van der Waals surface area contributed by atoms with Crippen molar-refractivity contribution in [3.8, 4) is 0 Å². The SMILES string of the molecule is CNC(=O)C(Cc1ccccc1F)N(C)C(=O)C(Cc1ccc2ccccc2c1)N(C)C(=O)/C=C/CC(C)(C)NC(=O)OC(C)(C)C. The first-order valence-electron chi connectivity index (χ1n) is 15.6. The molecular weight excluding hydrogens is 599 g/mol. The second kappa shape index (κ2) is 15.7. The summed E-state index contributed by atoms with van der Waals surface area (Å²) in [6, 6.07) is 17.8. The Hall–Kier alpha value is -4.73. The topological polar surface area (TPSA) is 108 Å². The molecule has 3 rings (SSSR count). The Morgan fingerprint density at radius 1 is 0.851 bits per heavy atom. The molecule has 0 aliphatic carbocycles. The van der Waals surface area contributed by atoms with E-state index in [0.717, 1.165) is 16.3 Å². The highest BCUT2D eigenvalue weighted by molar-refractivity contribution is 5.95. The fourth-order valence-electron chi connectivity index (χ4n) is 5.17. The van der Waals surface area contributed by atoms with Gasteiger partial charge in [-0.15, -0.1) is 0 Å². The van der Waals surface area contributed by atoms with E-state index in [0.29, 0.717) is 12.0 Å². The van der Waals surface area contributed by atoms with Crippen molar-refractivity contribution in [3.05, 3.63) is 95.8 Å². The molecule has 2 unspecified atom stereocenters. The molecule has 3 aromatic carbocycles. The number of carbonyl (C=O) groups is 4. The number of likely N-dealkylation sites (N-methyl/N-ethyl adjacent to an activating group) is 3. The number of carbonyl (C=O) groups excluding carboxylic acids is 4. The number of fused-ring (bicyclic) bond motifs is 1. The van der Waals surface area contributed by atoms with Crippen LogP contribution in [0, 0.1) is 5.82 Å². The predicted molar refractivity (Wildman–Crippen MR) is 182 cm³/mol. The summed E-state index contributed by atoms with van der Waals surface area (Å²) in [5.41, 5.74) is -0.249. The summed E-state index contributed by atoms with van der Waals surface area (Å²) in [7, 11) is 4.50. The Balaban J connectivity index is 1.88. The predicted octanol–water partition coefficient (Wildman–Crippen LogP) is 5.41. The number of benzene rings is 3. The summed E-state index contributed by atoms with van der Waals surface area (Å²) in [5.74, 6) is -1.84. The van der Waals surface area contributed by atoms with Crippen LogP contribution in [0.1, 0.15) is 52.2 Å². The Bertz CT molecular complexity index is 1610. The molecule has 0 heterocycles. The third-order valence-corrected chi connectivity index (χ3v) is 7.81. The second-order valence-electron chi connectivity index (χ2n) is 13.3. The molecule has 0 aromatic heterocycles. The first-order valence-corrected chi connectivity index (χ1v) is 15.6. The molecule has 0 aliphatic heterocycles. The van der Waals surface area contributed by atoms with Crippen molar-refractivity contribution < 1.29 is 28.3 Å². The average molecular weight is 647 g/mol. The summed E-state index contributed by atoms with van der Waals surface area (Å²) in [4.78, 5) is 55.7. The zero-order valence-electron chi connectivity index (χ0n) is 28.6. The maximum Gasteiger partial charge on any atom is 0.408 e. The van der Waals surface area contributed by atoms with Gasteiger partial charge in [-0.2, -0.15) is 0 Å².